The van der Waals surface area contributed by atoms with E-state index in [1.165, 1.54) is 11.3 Å². The van der Waals surface area contributed by atoms with E-state index in [2.05, 4.69) is 24.5 Å². The maximum atomic E-state index is 13.8. The highest BCUT2D eigenvalue weighted by atomic mass is 32.1. The predicted octanol–water partition coefficient (Wildman–Crippen LogP) is 5.78. The normalized spacial score (nSPS) is 26.8. The van der Waals surface area contributed by atoms with Gasteiger partial charge in [-0.15, -0.1) is 11.3 Å². The number of aryl methyl sites for hydroxylation is 1. The first-order valence-electron chi connectivity index (χ1n) is 16.2. The maximum Gasteiger partial charge on any atom is 0.330 e. The van der Waals surface area contributed by atoms with E-state index in [-0.39, 0.29) is 24.2 Å². The molecule has 3 aliphatic rings. The summed E-state index contributed by atoms with van der Waals surface area (Å²) in [5, 5.41) is 19.6. The number of pyridine rings is 1. The van der Waals surface area contributed by atoms with Gasteiger partial charge < -0.3 is 25.2 Å². The molecule has 3 heterocycles. The lowest BCUT2D eigenvalue weighted by Gasteiger charge is -2.21. The fraction of sp³-hybridized carbons (Fsp3) is 0.514. The van der Waals surface area contributed by atoms with E-state index >= 15 is 0 Å². The predicted molar refractivity (Wildman–Crippen MR) is 176 cm³/mol. The van der Waals surface area contributed by atoms with Crippen LogP contribution in [0, 0.1) is 24.7 Å². The monoisotopic (exact) mass is 646 g/mol. The molecule has 5 unspecified atom stereocenters. The fourth-order valence-corrected chi connectivity index (χ4v) is 7.71. The highest BCUT2D eigenvalue weighted by Crippen LogP contribution is 2.47. The van der Waals surface area contributed by atoms with Crippen molar-refractivity contribution in [3.63, 3.8) is 0 Å². The molecule has 0 spiro atoms. The number of benzene rings is 1. The SMILES string of the molecule is COc1ccc2c(OC3CC4C(=O)NCCCCCC=CC5CC5(C(=O)O)NC(=O)C4C3)cc(-c3nc(C(C)C)cs3)nc2c1C. The molecule has 2 amide bonds. The van der Waals surface area contributed by atoms with Crippen molar-refractivity contribution >= 4 is 40.0 Å². The van der Waals surface area contributed by atoms with Crippen molar-refractivity contribution in [2.45, 2.75) is 83.3 Å². The quantitative estimate of drug-likeness (QED) is 0.287. The number of carbonyl (C=O) groups excluding carboxylic acids is 2. The van der Waals surface area contributed by atoms with Crippen molar-refractivity contribution < 1.29 is 29.0 Å². The summed E-state index contributed by atoms with van der Waals surface area (Å²) in [4.78, 5) is 49.4. The van der Waals surface area contributed by atoms with Crippen molar-refractivity contribution in [1.29, 1.82) is 0 Å². The van der Waals surface area contributed by atoms with Crippen molar-refractivity contribution in [2.24, 2.45) is 17.8 Å². The molecule has 46 heavy (non-hydrogen) atoms. The van der Waals surface area contributed by atoms with E-state index in [1.807, 2.05) is 42.7 Å². The topological polar surface area (TPSA) is 140 Å². The second-order valence-corrected chi connectivity index (χ2v) is 14.0. The fourth-order valence-electron chi connectivity index (χ4n) is 6.77. The zero-order chi connectivity index (χ0) is 32.6. The number of aliphatic carboxylic acids is 1. The van der Waals surface area contributed by atoms with Crippen molar-refractivity contribution in [2.75, 3.05) is 13.7 Å². The molecule has 0 bridgehead atoms. The van der Waals surface area contributed by atoms with E-state index in [0.29, 0.717) is 36.6 Å². The summed E-state index contributed by atoms with van der Waals surface area (Å²) in [6.07, 6.45) is 8.04. The van der Waals surface area contributed by atoms with Crippen LogP contribution in [0.1, 0.15) is 76.0 Å². The summed E-state index contributed by atoms with van der Waals surface area (Å²) in [6, 6.07) is 5.69. The van der Waals surface area contributed by atoms with E-state index < -0.39 is 35.4 Å². The molecule has 1 aliphatic heterocycles. The molecule has 2 aliphatic carbocycles. The number of amides is 2. The zero-order valence-corrected chi connectivity index (χ0v) is 27.6. The Morgan fingerprint density at radius 2 is 1.87 bits per heavy atom. The number of hydrogen-bond acceptors (Lipinski definition) is 8. The van der Waals surface area contributed by atoms with Crippen LogP contribution in [0.3, 0.4) is 0 Å². The molecule has 244 valence electrons. The molecular formula is C35H42N4O6S. The van der Waals surface area contributed by atoms with Gasteiger partial charge in [-0.1, -0.05) is 32.4 Å². The highest BCUT2D eigenvalue weighted by Gasteiger charge is 2.61. The van der Waals surface area contributed by atoms with Gasteiger partial charge in [-0.05, 0) is 63.5 Å². The van der Waals surface area contributed by atoms with Crippen LogP contribution in [-0.2, 0) is 14.4 Å². The molecule has 11 heteroatoms. The van der Waals surface area contributed by atoms with Gasteiger partial charge in [-0.25, -0.2) is 14.8 Å². The summed E-state index contributed by atoms with van der Waals surface area (Å²) in [5.41, 5.74) is 1.93. The van der Waals surface area contributed by atoms with Crippen LogP contribution in [-0.4, -0.2) is 58.2 Å². The third-order valence-electron chi connectivity index (χ3n) is 9.64. The molecule has 0 radical (unpaired) electrons. The number of nitrogens with one attached hydrogen (secondary N) is 2. The molecule has 6 rings (SSSR count). The van der Waals surface area contributed by atoms with Gasteiger partial charge >= 0.3 is 5.97 Å². The molecule has 2 fully saturated rings. The molecular weight excluding hydrogens is 604 g/mol. The van der Waals surface area contributed by atoms with Gasteiger partial charge in [0.2, 0.25) is 11.8 Å². The van der Waals surface area contributed by atoms with Crippen LogP contribution >= 0.6 is 11.3 Å². The number of carbonyl (C=O) groups is 3. The summed E-state index contributed by atoms with van der Waals surface area (Å²) in [5.74, 6) is -1.70. The van der Waals surface area contributed by atoms with Crippen molar-refractivity contribution in [3.8, 4) is 22.2 Å². The second kappa shape index (κ2) is 13.0. The number of nitrogens with zero attached hydrogens (tertiary/aromatic N) is 2. The first-order valence-corrected chi connectivity index (χ1v) is 17.1. The minimum Gasteiger partial charge on any atom is -0.496 e. The van der Waals surface area contributed by atoms with Crippen molar-refractivity contribution in [3.05, 3.63) is 47.0 Å². The van der Waals surface area contributed by atoms with Crippen LogP contribution in [0.25, 0.3) is 21.6 Å². The van der Waals surface area contributed by atoms with Gasteiger partial charge in [-0.2, -0.15) is 0 Å². The largest absolute Gasteiger partial charge is 0.496 e. The molecule has 3 aromatic rings. The number of carboxylic acid groups (broad SMARTS) is 1. The molecule has 5 atom stereocenters. The molecule has 2 saturated carbocycles. The number of fused-ring (bicyclic) bond motifs is 3. The van der Waals surface area contributed by atoms with Gasteiger partial charge in [0.1, 0.15) is 33.8 Å². The Labute approximate surface area is 273 Å². The smallest absolute Gasteiger partial charge is 0.330 e. The Kier molecular flexibility index (Phi) is 9.05. The number of carboxylic acids is 1. The second-order valence-electron chi connectivity index (χ2n) is 13.1. The van der Waals surface area contributed by atoms with E-state index in [0.717, 1.165) is 52.9 Å². The number of rotatable bonds is 6. The third kappa shape index (κ3) is 6.21. The van der Waals surface area contributed by atoms with Gasteiger partial charge in [0, 0.05) is 34.9 Å². The van der Waals surface area contributed by atoms with Crippen LogP contribution in [0.15, 0.2) is 35.7 Å². The van der Waals surface area contributed by atoms with Crippen LogP contribution < -0.4 is 20.1 Å². The molecule has 0 saturated heterocycles. The Morgan fingerprint density at radius 3 is 2.59 bits per heavy atom. The molecule has 2 aromatic heterocycles. The average Bonchev–Trinajstić information content (AvgIpc) is 3.33. The number of thiazole rings is 1. The highest BCUT2D eigenvalue weighted by molar-refractivity contribution is 7.13. The van der Waals surface area contributed by atoms with Crippen LogP contribution in [0.5, 0.6) is 11.5 Å². The number of ether oxygens (including phenoxy) is 2. The summed E-state index contributed by atoms with van der Waals surface area (Å²) < 4.78 is 12.3. The first-order chi connectivity index (χ1) is 22.1. The number of methoxy groups -OCH3 is 1. The third-order valence-corrected chi connectivity index (χ3v) is 10.5. The maximum absolute atomic E-state index is 13.8. The van der Waals surface area contributed by atoms with Crippen LogP contribution in [0.2, 0.25) is 0 Å². The summed E-state index contributed by atoms with van der Waals surface area (Å²) in [7, 11) is 1.63. The zero-order valence-electron chi connectivity index (χ0n) is 26.8. The molecule has 1 aromatic carbocycles. The molecule has 3 N–H and O–H groups in total. The summed E-state index contributed by atoms with van der Waals surface area (Å²) >= 11 is 1.53. The minimum absolute atomic E-state index is 0.194. The van der Waals surface area contributed by atoms with Gasteiger partial charge in [0.25, 0.3) is 0 Å². The lowest BCUT2D eigenvalue weighted by molar-refractivity contribution is -0.144. The lowest BCUT2D eigenvalue weighted by atomic mass is 9.93. The molecule has 10 nitrogen and oxygen atoms in total. The number of aromatic nitrogens is 2. The standard InChI is InChI=1S/C35H42N4O6S/c1-19(2)27-18-46-33(38-27)26-16-29(23-11-12-28(44-4)20(3)30(23)37-26)45-22-14-24-25(15-22)32(41)39-35(34(42)43)17-21(35)10-8-6-5-7-9-13-36-31(24)40/h8,10-12,16,18-19,21-22,24-25H,5-7,9,13-15,17H2,1-4H3,(H,36,40)(H,39,41)(H,42,43). The van der Waals surface area contributed by atoms with Gasteiger partial charge in [0.15, 0.2) is 0 Å². The number of hydrogen-bond donors (Lipinski definition) is 3. The van der Waals surface area contributed by atoms with Crippen LogP contribution in [0.4, 0.5) is 0 Å². The van der Waals surface area contributed by atoms with Crippen molar-refractivity contribution in [1.82, 2.24) is 20.6 Å². The van der Waals surface area contributed by atoms with Gasteiger partial charge in [0.05, 0.1) is 30.2 Å². The van der Waals surface area contributed by atoms with Gasteiger partial charge in [-0.3, -0.25) is 9.59 Å². The Balaban J connectivity index is 1.33. The summed E-state index contributed by atoms with van der Waals surface area (Å²) in [6.45, 7) is 6.69. The Morgan fingerprint density at radius 1 is 1.09 bits per heavy atom. The Bertz CT molecular complexity index is 1680. The number of allylic oxidation sites excluding steroid dienone is 1. The minimum atomic E-state index is -1.33. The van der Waals surface area contributed by atoms with E-state index in [9.17, 15) is 19.5 Å². The Hall–Kier alpha value is -3.99. The van der Waals surface area contributed by atoms with E-state index in [4.69, 9.17) is 19.4 Å². The first kappa shape index (κ1) is 32.0. The average molecular weight is 647 g/mol. The van der Waals surface area contributed by atoms with E-state index in [1.54, 1.807) is 7.11 Å². The lowest BCUT2D eigenvalue weighted by Crippen LogP contribution is -2.49.